The smallest absolute Gasteiger partial charge is 0.352 e. The van der Waals surface area contributed by atoms with Crippen molar-refractivity contribution in [1.29, 1.82) is 0 Å². The van der Waals surface area contributed by atoms with Crippen LogP contribution in [0.1, 0.15) is 6.92 Å². The highest BCUT2D eigenvalue weighted by Crippen LogP contribution is 2.46. The van der Waals surface area contributed by atoms with Gasteiger partial charge < -0.3 is 5.11 Å². The van der Waals surface area contributed by atoms with Crippen LogP contribution in [-0.2, 0) is 9.59 Å². The number of carboxylic acids is 1. The molecule has 1 N–H and O–H groups in total. The number of carboxylic acid groups (broad SMARTS) is 1. The number of hydrogen-bond acceptors (Lipinski definition) is 3. The van der Waals surface area contributed by atoms with Crippen LogP contribution in [0.2, 0.25) is 0 Å². The van der Waals surface area contributed by atoms with Gasteiger partial charge >= 0.3 is 5.97 Å². The molecule has 1 atom stereocenters. The summed E-state index contributed by atoms with van der Waals surface area (Å²) in [5, 5.41) is 8.89. The summed E-state index contributed by atoms with van der Waals surface area (Å²) in [6.45, 7) is 1.74. The molecule has 0 bridgehead atoms. The third-order valence-electron chi connectivity index (χ3n) is 2.44. The van der Waals surface area contributed by atoms with Crippen LogP contribution in [-0.4, -0.2) is 33.0 Å². The molecule has 1 unspecified atom stereocenters. The number of hydrogen-bond donors (Lipinski definition) is 1. The molecule has 0 aromatic heterocycles. The molecule has 16 heavy (non-hydrogen) atoms. The highest BCUT2D eigenvalue weighted by atomic mass is 79.9. The van der Waals surface area contributed by atoms with E-state index in [0.717, 1.165) is 5.57 Å². The molecule has 4 nitrogen and oxygen atoms in total. The van der Waals surface area contributed by atoms with E-state index in [2.05, 4.69) is 31.9 Å². The van der Waals surface area contributed by atoms with E-state index in [1.54, 1.807) is 18.7 Å². The number of β-lactam (4-membered cyclic amide) rings is 1. The van der Waals surface area contributed by atoms with Gasteiger partial charge in [0.2, 0.25) is 0 Å². The van der Waals surface area contributed by atoms with Crippen LogP contribution in [0.3, 0.4) is 0 Å². The van der Waals surface area contributed by atoms with Gasteiger partial charge in [0, 0.05) is 5.75 Å². The third kappa shape index (κ3) is 1.65. The first-order valence-electron chi connectivity index (χ1n) is 4.38. The molecule has 7 heteroatoms. The average Bonchev–Trinajstić information content (AvgIpc) is 2.17. The number of fused-ring (bicyclic) bond motifs is 1. The Morgan fingerprint density at radius 2 is 2.19 bits per heavy atom. The summed E-state index contributed by atoms with van der Waals surface area (Å²) in [5.74, 6) is -0.661. The topological polar surface area (TPSA) is 57.6 Å². The van der Waals surface area contributed by atoms with Crippen LogP contribution in [0.5, 0.6) is 0 Å². The predicted octanol–water partition coefficient (Wildman–Crippen LogP) is 2.26. The van der Waals surface area contributed by atoms with Crippen LogP contribution < -0.4 is 0 Å². The van der Waals surface area contributed by atoms with Gasteiger partial charge in [-0.3, -0.25) is 9.69 Å². The lowest BCUT2D eigenvalue weighted by atomic mass is 10.0. The number of carbonyl (C=O) groups excluding carboxylic acids is 1. The van der Waals surface area contributed by atoms with E-state index < -0.39 is 5.97 Å². The number of carbonyl (C=O) groups is 2. The second kappa shape index (κ2) is 4.19. The predicted molar refractivity (Wildman–Crippen MR) is 68.3 cm³/mol. The summed E-state index contributed by atoms with van der Waals surface area (Å²) in [6.07, 6.45) is 0. The molecular weight excluding hydrogens is 362 g/mol. The molecule has 2 rings (SSSR count). The molecule has 0 aromatic carbocycles. The number of thioether (sulfide) groups is 1. The largest absolute Gasteiger partial charge is 0.477 e. The quantitative estimate of drug-likeness (QED) is 0.569. The Labute approximate surface area is 113 Å². The van der Waals surface area contributed by atoms with E-state index in [-0.39, 0.29) is 17.0 Å². The first-order valence-corrected chi connectivity index (χ1v) is 7.02. The number of amides is 1. The van der Waals surface area contributed by atoms with Gasteiger partial charge in [-0.2, -0.15) is 0 Å². The molecular formula is C9H7Br2NO3S. The van der Waals surface area contributed by atoms with Gasteiger partial charge in [0.15, 0.2) is 0 Å². The van der Waals surface area contributed by atoms with E-state index in [9.17, 15) is 9.59 Å². The van der Waals surface area contributed by atoms with Crippen molar-refractivity contribution in [3.63, 3.8) is 0 Å². The van der Waals surface area contributed by atoms with E-state index in [0.29, 0.717) is 14.7 Å². The first kappa shape index (κ1) is 12.2. The second-order valence-corrected chi connectivity index (χ2v) is 7.17. The van der Waals surface area contributed by atoms with Crippen LogP contribution in [0, 0.1) is 0 Å². The zero-order valence-corrected chi connectivity index (χ0v) is 12.1. The molecule has 0 spiro atoms. The van der Waals surface area contributed by atoms with Crippen molar-refractivity contribution in [3.05, 3.63) is 20.2 Å². The molecule has 2 heterocycles. The minimum atomic E-state index is -1.04. The Morgan fingerprint density at radius 1 is 1.56 bits per heavy atom. The lowest BCUT2D eigenvalue weighted by Crippen LogP contribution is -2.56. The highest BCUT2D eigenvalue weighted by Gasteiger charge is 2.50. The normalized spacial score (nSPS) is 24.2. The van der Waals surface area contributed by atoms with E-state index in [1.165, 1.54) is 4.90 Å². The molecule has 86 valence electrons. The fourth-order valence-corrected chi connectivity index (χ4v) is 4.08. The fourth-order valence-electron chi connectivity index (χ4n) is 1.72. The van der Waals surface area contributed by atoms with Gasteiger partial charge in [-0.1, -0.05) is 0 Å². The highest BCUT2D eigenvalue weighted by molar-refractivity contribution is 9.28. The second-order valence-electron chi connectivity index (χ2n) is 3.45. The van der Waals surface area contributed by atoms with Crippen molar-refractivity contribution in [2.45, 2.75) is 12.3 Å². The van der Waals surface area contributed by atoms with Gasteiger partial charge in [-0.15, -0.1) is 11.8 Å². The van der Waals surface area contributed by atoms with Crippen molar-refractivity contribution in [1.82, 2.24) is 4.90 Å². The third-order valence-corrected chi connectivity index (χ3v) is 4.66. The van der Waals surface area contributed by atoms with Crippen LogP contribution in [0.25, 0.3) is 0 Å². The SMILES string of the molecule is CC1=C(C(=O)O)N2C(=O)C(=C(Br)Br)C2SC1. The maximum Gasteiger partial charge on any atom is 0.352 e. The monoisotopic (exact) mass is 367 g/mol. The Kier molecular flexibility index (Phi) is 3.20. The van der Waals surface area contributed by atoms with Crippen molar-refractivity contribution < 1.29 is 14.7 Å². The Balaban J connectivity index is 2.43. The lowest BCUT2D eigenvalue weighted by molar-refractivity contribution is -0.141. The zero-order chi connectivity index (χ0) is 12.0. The Bertz CT molecular complexity index is 454. The van der Waals surface area contributed by atoms with Gasteiger partial charge in [-0.25, -0.2) is 4.79 Å². The molecule has 1 amide bonds. The molecule has 0 saturated carbocycles. The van der Waals surface area contributed by atoms with Gasteiger partial charge in [-0.05, 0) is 44.4 Å². The summed E-state index contributed by atoms with van der Waals surface area (Å²) < 4.78 is 0.600. The lowest BCUT2D eigenvalue weighted by Gasteiger charge is -2.45. The van der Waals surface area contributed by atoms with Crippen LogP contribution >= 0.6 is 43.6 Å². The number of nitrogens with zero attached hydrogens (tertiary/aromatic N) is 1. The molecule has 2 aliphatic heterocycles. The minimum Gasteiger partial charge on any atom is -0.477 e. The van der Waals surface area contributed by atoms with E-state index in [1.807, 2.05) is 0 Å². The minimum absolute atomic E-state index is 0.124. The number of aliphatic carboxylic acids is 1. The maximum atomic E-state index is 11.8. The van der Waals surface area contributed by atoms with Crippen LogP contribution in [0.15, 0.2) is 20.2 Å². The molecule has 2 aliphatic rings. The summed E-state index contributed by atoms with van der Waals surface area (Å²) in [5.41, 5.74) is 1.45. The molecule has 0 aromatic rings. The number of rotatable bonds is 1. The first-order chi connectivity index (χ1) is 7.45. The van der Waals surface area contributed by atoms with E-state index in [4.69, 9.17) is 5.11 Å². The van der Waals surface area contributed by atoms with Crippen molar-refractivity contribution in [3.8, 4) is 0 Å². The van der Waals surface area contributed by atoms with Crippen molar-refractivity contribution in [2.24, 2.45) is 0 Å². The Morgan fingerprint density at radius 3 is 2.69 bits per heavy atom. The summed E-state index contributed by atoms with van der Waals surface area (Å²) >= 11 is 7.94. The number of halogens is 2. The van der Waals surface area contributed by atoms with Gasteiger partial charge in [0.1, 0.15) is 11.1 Å². The maximum absolute atomic E-state index is 11.8. The molecule has 0 radical (unpaired) electrons. The van der Waals surface area contributed by atoms with E-state index >= 15 is 0 Å². The summed E-state index contributed by atoms with van der Waals surface area (Å²) in [6, 6.07) is 0. The standard InChI is InChI=1S/C9H7Br2NO3S/c1-3-2-16-8-4(6(10)11)7(13)12(8)5(3)9(14)15/h8H,2H2,1H3,(H,14,15). The van der Waals surface area contributed by atoms with Crippen molar-refractivity contribution >= 4 is 55.5 Å². The van der Waals surface area contributed by atoms with Crippen LogP contribution in [0.4, 0.5) is 0 Å². The van der Waals surface area contributed by atoms with Gasteiger partial charge in [0.25, 0.3) is 5.91 Å². The molecule has 1 fully saturated rings. The molecule has 1 saturated heterocycles. The summed E-state index contributed by atoms with van der Waals surface area (Å²) in [7, 11) is 0. The summed E-state index contributed by atoms with van der Waals surface area (Å²) in [4.78, 5) is 24.2. The van der Waals surface area contributed by atoms with Gasteiger partial charge in [0.05, 0.1) is 8.96 Å². The zero-order valence-electron chi connectivity index (χ0n) is 8.16. The average molecular weight is 369 g/mol. The molecule has 0 aliphatic carbocycles. The fraction of sp³-hybridized carbons (Fsp3) is 0.333. The van der Waals surface area contributed by atoms with Crippen molar-refractivity contribution in [2.75, 3.05) is 5.75 Å². The Hall–Kier alpha value is -0.270.